The number of sulfone groups is 1. The Bertz CT molecular complexity index is 579. The molecule has 6 heteroatoms. The molecule has 0 unspecified atom stereocenters. The molecule has 18 heavy (non-hydrogen) atoms. The van der Waals surface area contributed by atoms with Gasteiger partial charge in [-0.3, -0.25) is 4.79 Å². The molecule has 100 valence electrons. The number of halogens is 2. The lowest BCUT2D eigenvalue weighted by atomic mass is 10.0. The molecule has 0 radical (unpaired) electrons. The molecule has 0 spiro atoms. The van der Waals surface area contributed by atoms with Gasteiger partial charge in [-0.25, -0.2) is 12.8 Å². The van der Waals surface area contributed by atoms with Gasteiger partial charge in [-0.1, -0.05) is 6.07 Å². The van der Waals surface area contributed by atoms with Gasteiger partial charge < -0.3 is 0 Å². The van der Waals surface area contributed by atoms with Crippen LogP contribution in [0, 0.1) is 5.82 Å². The van der Waals surface area contributed by atoms with Gasteiger partial charge in [0.05, 0.1) is 4.47 Å². The zero-order chi connectivity index (χ0) is 14.1. The van der Waals surface area contributed by atoms with E-state index in [1.54, 1.807) is 0 Å². The third-order valence-electron chi connectivity index (χ3n) is 2.95. The summed E-state index contributed by atoms with van der Waals surface area (Å²) < 4.78 is 34.9. The third-order valence-corrected chi connectivity index (χ3v) is 5.64. The van der Waals surface area contributed by atoms with Crippen LogP contribution < -0.4 is 0 Å². The highest BCUT2D eigenvalue weighted by molar-refractivity contribution is 9.10. The second-order valence-corrected chi connectivity index (χ2v) is 8.05. The Labute approximate surface area is 114 Å². The standard InChI is InChI=1S/C12H14BrFO3S/c1-12(2,18(3,16)17)11(15)7-8-4-5-10(14)9(13)6-8/h4-6H,7H2,1-3H3. The van der Waals surface area contributed by atoms with Gasteiger partial charge >= 0.3 is 0 Å². The number of carbonyl (C=O) groups is 1. The smallest absolute Gasteiger partial charge is 0.159 e. The first-order chi connectivity index (χ1) is 8.05. The first kappa shape index (κ1) is 15.3. The Hall–Kier alpha value is -0.750. The minimum atomic E-state index is -3.48. The SMILES string of the molecule is CC(C)(C(=O)Cc1ccc(F)c(Br)c1)S(C)(=O)=O. The molecule has 0 saturated heterocycles. The lowest BCUT2D eigenvalue weighted by Crippen LogP contribution is -2.40. The van der Waals surface area contributed by atoms with Gasteiger partial charge in [0.25, 0.3) is 0 Å². The number of hydrogen-bond donors (Lipinski definition) is 0. The van der Waals surface area contributed by atoms with Gasteiger partial charge in [-0.05, 0) is 47.5 Å². The Balaban J connectivity index is 2.99. The maximum atomic E-state index is 13.0. The summed E-state index contributed by atoms with van der Waals surface area (Å²) in [5.41, 5.74) is 0.574. The third kappa shape index (κ3) is 3.17. The second-order valence-electron chi connectivity index (χ2n) is 4.63. The predicted octanol–water partition coefficient (Wildman–Crippen LogP) is 2.52. The second kappa shape index (κ2) is 5.09. The molecular weight excluding hydrogens is 323 g/mol. The summed E-state index contributed by atoms with van der Waals surface area (Å²) in [5.74, 6) is -0.836. The maximum absolute atomic E-state index is 13.0. The molecule has 3 nitrogen and oxygen atoms in total. The largest absolute Gasteiger partial charge is 0.298 e. The Morgan fingerprint density at radius 3 is 2.39 bits per heavy atom. The van der Waals surface area contributed by atoms with Crippen LogP contribution in [0.5, 0.6) is 0 Å². The van der Waals surface area contributed by atoms with Gasteiger partial charge in [-0.15, -0.1) is 0 Å². The van der Waals surface area contributed by atoms with Crippen molar-refractivity contribution in [3.05, 3.63) is 34.1 Å². The molecule has 0 aliphatic heterocycles. The molecule has 0 aliphatic carbocycles. The van der Waals surface area contributed by atoms with E-state index < -0.39 is 26.2 Å². The number of Topliss-reactive ketones (excluding diaryl/α,β-unsaturated/α-hetero) is 1. The molecule has 1 aromatic carbocycles. The fourth-order valence-corrected chi connectivity index (χ4v) is 2.17. The van der Waals surface area contributed by atoms with E-state index in [2.05, 4.69) is 15.9 Å². The summed E-state index contributed by atoms with van der Waals surface area (Å²) in [6, 6.07) is 4.18. The van der Waals surface area contributed by atoms with Gasteiger partial charge in [0, 0.05) is 12.7 Å². The lowest BCUT2D eigenvalue weighted by molar-refractivity contribution is -0.120. The fourth-order valence-electron chi connectivity index (χ4n) is 1.25. The molecule has 0 atom stereocenters. The van der Waals surface area contributed by atoms with Crippen LogP contribution in [0.25, 0.3) is 0 Å². The van der Waals surface area contributed by atoms with E-state index in [1.807, 2.05) is 0 Å². The fraction of sp³-hybridized carbons (Fsp3) is 0.417. The van der Waals surface area contributed by atoms with Crippen LogP contribution in [0.3, 0.4) is 0 Å². The highest BCUT2D eigenvalue weighted by Crippen LogP contribution is 2.22. The molecule has 0 heterocycles. The molecule has 1 aromatic rings. The highest BCUT2D eigenvalue weighted by atomic mass is 79.9. The first-order valence-corrected chi connectivity index (χ1v) is 7.91. The van der Waals surface area contributed by atoms with Crippen LogP contribution in [0.1, 0.15) is 19.4 Å². The molecule has 0 aliphatic rings. The molecular formula is C12H14BrFO3S. The Kier molecular flexibility index (Phi) is 4.33. The average molecular weight is 337 g/mol. The molecule has 1 rings (SSSR count). The van der Waals surface area contributed by atoms with Crippen molar-refractivity contribution >= 4 is 31.6 Å². The number of ketones is 1. The summed E-state index contributed by atoms with van der Waals surface area (Å²) in [7, 11) is -3.48. The Morgan fingerprint density at radius 1 is 1.39 bits per heavy atom. The molecule has 0 amide bonds. The highest BCUT2D eigenvalue weighted by Gasteiger charge is 2.37. The Morgan fingerprint density at radius 2 is 1.94 bits per heavy atom. The maximum Gasteiger partial charge on any atom is 0.159 e. The van der Waals surface area contributed by atoms with Gasteiger partial charge in [0.2, 0.25) is 0 Å². The van der Waals surface area contributed by atoms with Gasteiger partial charge in [-0.2, -0.15) is 0 Å². The van der Waals surface area contributed by atoms with Crippen LogP contribution in [0.4, 0.5) is 4.39 Å². The van der Waals surface area contributed by atoms with Gasteiger partial charge in [0.1, 0.15) is 10.6 Å². The van der Waals surface area contributed by atoms with Crippen LogP contribution in [-0.2, 0) is 21.1 Å². The topological polar surface area (TPSA) is 51.2 Å². The zero-order valence-electron chi connectivity index (χ0n) is 10.3. The van der Waals surface area contributed by atoms with Crippen LogP contribution in [0.2, 0.25) is 0 Å². The lowest BCUT2D eigenvalue weighted by Gasteiger charge is -2.20. The normalized spacial score (nSPS) is 12.5. The quantitative estimate of drug-likeness (QED) is 0.848. The van der Waals surface area contributed by atoms with Crippen molar-refractivity contribution < 1.29 is 17.6 Å². The van der Waals surface area contributed by atoms with E-state index in [4.69, 9.17) is 0 Å². The predicted molar refractivity (Wildman–Crippen MR) is 71.7 cm³/mol. The summed E-state index contributed by atoms with van der Waals surface area (Å²) in [5, 5.41) is 0. The van der Waals surface area contributed by atoms with E-state index >= 15 is 0 Å². The number of carbonyl (C=O) groups excluding carboxylic acids is 1. The van der Waals surface area contributed by atoms with Crippen molar-refractivity contribution in [1.82, 2.24) is 0 Å². The number of benzene rings is 1. The number of hydrogen-bond acceptors (Lipinski definition) is 3. The van der Waals surface area contributed by atoms with Crippen molar-refractivity contribution in [1.29, 1.82) is 0 Å². The van der Waals surface area contributed by atoms with Crippen LogP contribution >= 0.6 is 15.9 Å². The summed E-state index contributed by atoms with van der Waals surface area (Å²) in [4.78, 5) is 12.0. The van der Waals surface area contributed by atoms with Crippen molar-refractivity contribution in [3.63, 3.8) is 0 Å². The van der Waals surface area contributed by atoms with Crippen molar-refractivity contribution in [2.75, 3.05) is 6.26 Å². The van der Waals surface area contributed by atoms with Crippen molar-refractivity contribution in [2.45, 2.75) is 25.0 Å². The molecule has 0 saturated carbocycles. The molecule has 0 bridgehead atoms. The summed E-state index contributed by atoms with van der Waals surface area (Å²) in [6.45, 7) is 2.76. The minimum absolute atomic E-state index is 0.0427. The summed E-state index contributed by atoms with van der Waals surface area (Å²) in [6.07, 6.45) is 0.991. The van der Waals surface area contributed by atoms with E-state index in [-0.39, 0.29) is 10.9 Å². The minimum Gasteiger partial charge on any atom is -0.298 e. The first-order valence-electron chi connectivity index (χ1n) is 5.22. The van der Waals surface area contributed by atoms with E-state index in [0.717, 1.165) is 6.26 Å². The van der Waals surface area contributed by atoms with Crippen molar-refractivity contribution in [3.8, 4) is 0 Å². The van der Waals surface area contributed by atoms with Crippen LogP contribution in [0.15, 0.2) is 22.7 Å². The van der Waals surface area contributed by atoms with Crippen molar-refractivity contribution in [2.24, 2.45) is 0 Å². The van der Waals surface area contributed by atoms with E-state index in [0.29, 0.717) is 5.56 Å². The van der Waals surface area contributed by atoms with Gasteiger partial charge in [0.15, 0.2) is 15.6 Å². The van der Waals surface area contributed by atoms with Crippen LogP contribution in [-0.4, -0.2) is 25.2 Å². The summed E-state index contributed by atoms with van der Waals surface area (Å²) >= 11 is 3.02. The zero-order valence-corrected chi connectivity index (χ0v) is 12.7. The number of rotatable bonds is 4. The average Bonchev–Trinajstić information content (AvgIpc) is 2.21. The van der Waals surface area contributed by atoms with E-state index in [9.17, 15) is 17.6 Å². The monoisotopic (exact) mass is 336 g/mol. The molecule has 0 fully saturated rings. The molecule has 0 N–H and O–H groups in total. The molecule has 0 aromatic heterocycles. The van der Waals surface area contributed by atoms with E-state index in [1.165, 1.54) is 32.0 Å².